The van der Waals surface area contributed by atoms with Crippen LogP contribution >= 0.6 is 0 Å². The highest BCUT2D eigenvalue weighted by atomic mass is 16.7. The van der Waals surface area contributed by atoms with Gasteiger partial charge in [0, 0.05) is 5.54 Å². The van der Waals surface area contributed by atoms with Crippen molar-refractivity contribution in [1.29, 1.82) is 0 Å². The van der Waals surface area contributed by atoms with Gasteiger partial charge < -0.3 is 15.2 Å². The quantitative estimate of drug-likeness (QED) is 0.849. The summed E-state index contributed by atoms with van der Waals surface area (Å²) in [6, 6.07) is 6.13. The summed E-state index contributed by atoms with van der Waals surface area (Å²) in [5, 5.41) is 0. The van der Waals surface area contributed by atoms with Gasteiger partial charge in [-0.1, -0.05) is 6.07 Å². The first-order chi connectivity index (χ1) is 7.54. The zero-order valence-corrected chi connectivity index (χ0v) is 9.95. The van der Waals surface area contributed by atoms with E-state index in [-0.39, 0.29) is 5.54 Å². The van der Waals surface area contributed by atoms with Crippen molar-refractivity contribution >= 4 is 0 Å². The molecule has 16 heavy (non-hydrogen) atoms. The Bertz CT molecular complexity index is 369. The van der Waals surface area contributed by atoms with Crippen molar-refractivity contribution in [2.75, 3.05) is 6.79 Å². The summed E-state index contributed by atoms with van der Waals surface area (Å²) in [6.07, 6.45) is 3.17. The van der Waals surface area contributed by atoms with Crippen LogP contribution < -0.4 is 15.2 Å². The molecule has 0 unspecified atom stereocenters. The maximum Gasteiger partial charge on any atom is 0.231 e. The number of hydrogen-bond donors (Lipinski definition) is 1. The first-order valence-corrected chi connectivity index (χ1v) is 5.72. The lowest BCUT2D eigenvalue weighted by Crippen LogP contribution is -2.31. The molecule has 0 saturated heterocycles. The normalized spacial score (nSPS) is 14.2. The molecule has 0 aromatic heterocycles. The van der Waals surface area contributed by atoms with E-state index in [2.05, 4.69) is 26.0 Å². The fraction of sp³-hybridized carbons (Fsp3) is 0.538. The van der Waals surface area contributed by atoms with Gasteiger partial charge in [0.05, 0.1) is 0 Å². The molecule has 2 rings (SSSR count). The molecule has 3 nitrogen and oxygen atoms in total. The minimum atomic E-state index is -0.0731. The van der Waals surface area contributed by atoms with Gasteiger partial charge in [0.2, 0.25) is 6.79 Å². The molecule has 88 valence electrons. The van der Waals surface area contributed by atoms with E-state index in [0.717, 1.165) is 30.8 Å². The number of ether oxygens (including phenoxy) is 2. The van der Waals surface area contributed by atoms with E-state index in [1.54, 1.807) is 0 Å². The van der Waals surface area contributed by atoms with E-state index in [4.69, 9.17) is 15.2 Å². The van der Waals surface area contributed by atoms with E-state index >= 15 is 0 Å². The molecule has 3 heteroatoms. The molecule has 0 radical (unpaired) electrons. The maximum absolute atomic E-state index is 5.95. The Hall–Kier alpha value is -1.22. The smallest absolute Gasteiger partial charge is 0.231 e. The predicted octanol–water partition coefficient (Wildman–Crippen LogP) is 2.48. The summed E-state index contributed by atoms with van der Waals surface area (Å²) < 4.78 is 10.6. The molecule has 1 aromatic rings. The first-order valence-electron chi connectivity index (χ1n) is 5.72. The zero-order chi connectivity index (χ0) is 11.6. The van der Waals surface area contributed by atoms with Gasteiger partial charge in [-0.15, -0.1) is 0 Å². The van der Waals surface area contributed by atoms with Crippen LogP contribution in [0.3, 0.4) is 0 Å². The average Bonchev–Trinajstić information content (AvgIpc) is 2.62. The summed E-state index contributed by atoms with van der Waals surface area (Å²) in [5.41, 5.74) is 7.16. The summed E-state index contributed by atoms with van der Waals surface area (Å²) in [6.45, 7) is 4.47. The lowest BCUT2D eigenvalue weighted by Gasteiger charge is -2.17. The van der Waals surface area contributed by atoms with E-state index in [0.29, 0.717) is 6.79 Å². The van der Waals surface area contributed by atoms with Crippen molar-refractivity contribution in [3.63, 3.8) is 0 Å². The van der Waals surface area contributed by atoms with Crippen LogP contribution in [0.25, 0.3) is 0 Å². The van der Waals surface area contributed by atoms with Crippen LogP contribution in [0.1, 0.15) is 32.3 Å². The van der Waals surface area contributed by atoms with Gasteiger partial charge in [0.15, 0.2) is 11.5 Å². The third-order valence-corrected chi connectivity index (χ3v) is 2.72. The van der Waals surface area contributed by atoms with Gasteiger partial charge in [-0.05, 0) is 50.8 Å². The topological polar surface area (TPSA) is 44.5 Å². The first kappa shape index (κ1) is 11.3. The molecule has 1 aliphatic heterocycles. The number of fused-ring (bicyclic) bond motifs is 1. The summed E-state index contributed by atoms with van der Waals surface area (Å²) in [7, 11) is 0. The van der Waals surface area contributed by atoms with Gasteiger partial charge >= 0.3 is 0 Å². The van der Waals surface area contributed by atoms with Crippen LogP contribution in [-0.2, 0) is 6.42 Å². The van der Waals surface area contributed by atoms with E-state index in [1.807, 2.05) is 6.07 Å². The van der Waals surface area contributed by atoms with E-state index in [9.17, 15) is 0 Å². The second kappa shape index (κ2) is 4.34. The summed E-state index contributed by atoms with van der Waals surface area (Å²) >= 11 is 0. The van der Waals surface area contributed by atoms with Crippen molar-refractivity contribution in [2.24, 2.45) is 5.73 Å². The number of aryl methyl sites for hydroxylation is 1. The molecule has 1 heterocycles. The third kappa shape index (κ3) is 2.89. The lowest BCUT2D eigenvalue weighted by atomic mass is 9.97. The molecule has 1 aromatic carbocycles. The predicted molar refractivity (Wildman–Crippen MR) is 63.8 cm³/mol. The minimum Gasteiger partial charge on any atom is -0.454 e. The maximum atomic E-state index is 5.95. The van der Waals surface area contributed by atoms with Crippen molar-refractivity contribution in [3.05, 3.63) is 23.8 Å². The number of rotatable bonds is 4. The van der Waals surface area contributed by atoms with Gasteiger partial charge in [-0.25, -0.2) is 0 Å². The van der Waals surface area contributed by atoms with Crippen molar-refractivity contribution in [2.45, 2.75) is 38.6 Å². The van der Waals surface area contributed by atoms with Crippen LogP contribution in [0, 0.1) is 0 Å². The van der Waals surface area contributed by atoms with Gasteiger partial charge in [-0.3, -0.25) is 0 Å². The standard InChI is InChI=1S/C13H19NO2/c1-13(2,14)7-3-4-10-5-6-11-12(8-10)16-9-15-11/h5-6,8H,3-4,7,9,14H2,1-2H3. The molecule has 0 fully saturated rings. The lowest BCUT2D eigenvalue weighted by molar-refractivity contribution is 0.174. The highest BCUT2D eigenvalue weighted by Crippen LogP contribution is 2.32. The molecule has 0 spiro atoms. The second-order valence-electron chi connectivity index (χ2n) is 5.03. The third-order valence-electron chi connectivity index (χ3n) is 2.72. The fourth-order valence-corrected chi connectivity index (χ4v) is 1.84. The molecule has 0 bridgehead atoms. The highest BCUT2D eigenvalue weighted by Gasteiger charge is 2.14. The molecule has 1 aliphatic rings. The Kier molecular flexibility index (Phi) is 3.06. The molecular weight excluding hydrogens is 202 g/mol. The second-order valence-corrected chi connectivity index (χ2v) is 5.03. The minimum absolute atomic E-state index is 0.0731. The Balaban J connectivity index is 1.91. The zero-order valence-electron chi connectivity index (χ0n) is 9.95. The Labute approximate surface area is 96.5 Å². The molecular formula is C13H19NO2. The summed E-state index contributed by atoms with van der Waals surface area (Å²) in [4.78, 5) is 0. The Morgan fingerprint density at radius 2 is 2.00 bits per heavy atom. The summed E-state index contributed by atoms with van der Waals surface area (Å²) in [5.74, 6) is 1.72. The van der Waals surface area contributed by atoms with Crippen molar-refractivity contribution in [3.8, 4) is 11.5 Å². The van der Waals surface area contributed by atoms with Crippen LogP contribution in [0.2, 0.25) is 0 Å². The van der Waals surface area contributed by atoms with E-state index in [1.165, 1.54) is 5.56 Å². The molecule has 0 saturated carbocycles. The van der Waals surface area contributed by atoms with Gasteiger partial charge in [-0.2, -0.15) is 0 Å². The molecule has 2 N–H and O–H groups in total. The Morgan fingerprint density at radius 3 is 2.75 bits per heavy atom. The number of hydrogen-bond acceptors (Lipinski definition) is 3. The van der Waals surface area contributed by atoms with Crippen molar-refractivity contribution < 1.29 is 9.47 Å². The largest absolute Gasteiger partial charge is 0.454 e. The van der Waals surface area contributed by atoms with Crippen molar-refractivity contribution in [1.82, 2.24) is 0 Å². The van der Waals surface area contributed by atoms with Gasteiger partial charge in [0.1, 0.15) is 0 Å². The number of nitrogens with two attached hydrogens (primary N) is 1. The van der Waals surface area contributed by atoms with Crippen LogP contribution in [0.15, 0.2) is 18.2 Å². The van der Waals surface area contributed by atoms with Crippen LogP contribution in [0.4, 0.5) is 0 Å². The van der Waals surface area contributed by atoms with Crippen LogP contribution in [0.5, 0.6) is 11.5 Å². The SMILES string of the molecule is CC(C)(N)CCCc1ccc2c(c1)OCO2. The van der Waals surface area contributed by atoms with E-state index < -0.39 is 0 Å². The fourth-order valence-electron chi connectivity index (χ4n) is 1.84. The van der Waals surface area contributed by atoms with Gasteiger partial charge in [0.25, 0.3) is 0 Å². The highest BCUT2D eigenvalue weighted by molar-refractivity contribution is 5.44. The Morgan fingerprint density at radius 1 is 1.25 bits per heavy atom. The molecule has 0 amide bonds. The van der Waals surface area contributed by atoms with Crippen LogP contribution in [-0.4, -0.2) is 12.3 Å². The monoisotopic (exact) mass is 221 g/mol. The molecule has 0 atom stereocenters. The average molecular weight is 221 g/mol. The number of benzene rings is 1. The molecule has 0 aliphatic carbocycles.